The predicted octanol–water partition coefficient (Wildman–Crippen LogP) is 1.90. The van der Waals surface area contributed by atoms with Gasteiger partial charge in [-0.1, -0.05) is 6.58 Å². The lowest BCUT2D eigenvalue weighted by Gasteiger charge is -2.34. The summed E-state index contributed by atoms with van der Waals surface area (Å²) >= 11 is 0. The van der Waals surface area contributed by atoms with Crippen molar-refractivity contribution in [3.05, 3.63) is 61.5 Å². The number of anilines is 1. The lowest BCUT2D eigenvalue weighted by atomic mass is 10.0. The molecule has 0 N–H and O–H groups in total. The number of nitriles is 1. The lowest BCUT2D eigenvalue weighted by molar-refractivity contribution is -0.126. The Bertz CT molecular complexity index is 1390. The van der Waals surface area contributed by atoms with E-state index in [-0.39, 0.29) is 5.91 Å². The molecule has 0 unspecified atom stereocenters. The molecular weight excluding hydrogens is 418 g/mol. The maximum Gasteiger partial charge on any atom is 0.246 e. The molecule has 0 spiro atoms. The first-order valence-electron chi connectivity index (χ1n) is 10.5. The molecule has 4 aromatic heterocycles. The molecule has 4 aromatic rings. The summed E-state index contributed by atoms with van der Waals surface area (Å²) in [6, 6.07) is 4.22. The molecule has 0 aromatic carbocycles. The Labute approximate surface area is 190 Å². The van der Waals surface area contributed by atoms with E-state index in [2.05, 4.69) is 37.7 Å². The quantitative estimate of drug-likeness (QED) is 0.447. The molecule has 10 nitrogen and oxygen atoms in total. The highest BCUT2D eigenvalue weighted by atomic mass is 16.2. The van der Waals surface area contributed by atoms with E-state index in [9.17, 15) is 10.1 Å². The number of carbonyl (C=O) groups excluding carboxylic acids is 1. The molecule has 10 heteroatoms. The van der Waals surface area contributed by atoms with Crippen molar-refractivity contribution in [2.45, 2.75) is 0 Å². The number of carbonyl (C=O) groups is 1. The van der Waals surface area contributed by atoms with Gasteiger partial charge in [-0.15, -0.1) is 0 Å². The van der Waals surface area contributed by atoms with Crippen LogP contribution in [-0.4, -0.2) is 66.3 Å². The van der Waals surface area contributed by atoms with Crippen molar-refractivity contribution in [3.63, 3.8) is 0 Å². The van der Waals surface area contributed by atoms with Crippen molar-refractivity contribution in [1.82, 2.24) is 34.3 Å². The molecule has 0 aliphatic carbocycles. The smallest absolute Gasteiger partial charge is 0.246 e. The first-order valence-corrected chi connectivity index (χ1v) is 10.5. The summed E-state index contributed by atoms with van der Waals surface area (Å²) in [5.41, 5.74) is 4.66. The van der Waals surface area contributed by atoms with Gasteiger partial charge in [-0.05, 0) is 12.1 Å². The van der Waals surface area contributed by atoms with Gasteiger partial charge in [0.1, 0.15) is 6.07 Å². The van der Waals surface area contributed by atoms with Crippen molar-refractivity contribution in [3.8, 4) is 28.3 Å². The minimum atomic E-state index is -0.0578. The first-order chi connectivity index (χ1) is 16.1. The van der Waals surface area contributed by atoms with Crippen LogP contribution < -0.4 is 4.90 Å². The van der Waals surface area contributed by atoms with Gasteiger partial charge in [-0.2, -0.15) is 15.5 Å². The molecule has 1 amide bonds. The fourth-order valence-electron chi connectivity index (χ4n) is 4.03. The minimum Gasteiger partial charge on any atom is -0.337 e. The van der Waals surface area contributed by atoms with Gasteiger partial charge < -0.3 is 9.80 Å². The fourth-order valence-corrected chi connectivity index (χ4v) is 4.03. The Kier molecular flexibility index (Phi) is 5.06. The number of hydrogen-bond acceptors (Lipinski definition) is 7. The third-order valence-corrected chi connectivity index (χ3v) is 5.77. The van der Waals surface area contributed by atoms with Crippen molar-refractivity contribution >= 4 is 17.4 Å². The largest absolute Gasteiger partial charge is 0.337 e. The topological polar surface area (TPSA) is 108 Å². The number of pyridine rings is 1. The van der Waals surface area contributed by atoms with Crippen LogP contribution in [0.3, 0.4) is 0 Å². The van der Waals surface area contributed by atoms with Crippen LogP contribution >= 0.6 is 0 Å². The predicted molar refractivity (Wildman–Crippen MR) is 122 cm³/mol. The number of aromatic nitrogens is 6. The minimum absolute atomic E-state index is 0.0578. The molecule has 5 rings (SSSR count). The van der Waals surface area contributed by atoms with Crippen LogP contribution in [0.1, 0.15) is 5.56 Å². The molecule has 5 heterocycles. The molecule has 164 valence electrons. The second-order valence-electron chi connectivity index (χ2n) is 7.80. The molecule has 1 aliphatic heterocycles. The van der Waals surface area contributed by atoms with Gasteiger partial charge in [0, 0.05) is 80.3 Å². The summed E-state index contributed by atoms with van der Waals surface area (Å²) in [6.07, 6.45) is 12.0. The zero-order chi connectivity index (χ0) is 22.9. The molecule has 1 saturated heterocycles. The Morgan fingerprint density at radius 3 is 2.42 bits per heavy atom. The van der Waals surface area contributed by atoms with Crippen molar-refractivity contribution in [2.75, 3.05) is 31.1 Å². The summed E-state index contributed by atoms with van der Waals surface area (Å²) < 4.78 is 3.45. The van der Waals surface area contributed by atoms with Gasteiger partial charge in [-0.25, -0.2) is 14.5 Å². The molecule has 0 radical (unpaired) electrons. The molecule has 0 bridgehead atoms. The van der Waals surface area contributed by atoms with Crippen LogP contribution in [0.4, 0.5) is 5.95 Å². The molecule has 0 saturated carbocycles. The van der Waals surface area contributed by atoms with E-state index in [4.69, 9.17) is 0 Å². The van der Waals surface area contributed by atoms with E-state index in [1.54, 1.807) is 38.9 Å². The summed E-state index contributed by atoms with van der Waals surface area (Å²) in [6.45, 7) is 6.06. The first kappa shape index (κ1) is 20.4. The van der Waals surface area contributed by atoms with Crippen molar-refractivity contribution in [1.29, 1.82) is 5.26 Å². The monoisotopic (exact) mass is 439 g/mol. The molecular formula is C23H21N9O. The van der Waals surface area contributed by atoms with Gasteiger partial charge in [0.2, 0.25) is 11.9 Å². The van der Waals surface area contributed by atoms with Crippen molar-refractivity contribution in [2.24, 2.45) is 7.05 Å². The third kappa shape index (κ3) is 3.70. The van der Waals surface area contributed by atoms with E-state index in [1.807, 2.05) is 25.5 Å². The SMILES string of the molecule is C=CC(=O)N1CCN(c2ncc(-c3cc(-c4cnn(C)c4)cn4ncc(C#N)c34)cn2)CC1. The van der Waals surface area contributed by atoms with Gasteiger partial charge in [0.25, 0.3) is 0 Å². The maximum absolute atomic E-state index is 11.8. The highest BCUT2D eigenvalue weighted by molar-refractivity contribution is 5.88. The highest BCUT2D eigenvalue weighted by Crippen LogP contribution is 2.31. The Morgan fingerprint density at radius 2 is 1.79 bits per heavy atom. The van der Waals surface area contributed by atoms with Crippen LogP contribution in [0.15, 0.2) is 55.9 Å². The second kappa shape index (κ2) is 8.20. The number of hydrogen-bond donors (Lipinski definition) is 0. The van der Waals surface area contributed by atoms with E-state index < -0.39 is 0 Å². The number of piperazine rings is 1. The summed E-state index contributed by atoms with van der Waals surface area (Å²) in [5.74, 6) is 0.551. The zero-order valence-corrected chi connectivity index (χ0v) is 18.1. The van der Waals surface area contributed by atoms with E-state index in [1.165, 1.54) is 6.08 Å². The number of nitrogens with zero attached hydrogens (tertiary/aromatic N) is 9. The summed E-state index contributed by atoms with van der Waals surface area (Å²) in [4.78, 5) is 24.8. The molecule has 33 heavy (non-hydrogen) atoms. The average Bonchev–Trinajstić information content (AvgIpc) is 3.49. The summed E-state index contributed by atoms with van der Waals surface area (Å²) in [7, 11) is 1.87. The van der Waals surface area contributed by atoms with Crippen LogP contribution in [-0.2, 0) is 11.8 Å². The van der Waals surface area contributed by atoms with E-state index in [0.717, 1.165) is 22.3 Å². The summed E-state index contributed by atoms with van der Waals surface area (Å²) in [5, 5.41) is 18.2. The highest BCUT2D eigenvalue weighted by Gasteiger charge is 2.21. The van der Waals surface area contributed by atoms with Crippen LogP contribution in [0.25, 0.3) is 27.8 Å². The van der Waals surface area contributed by atoms with Crippen LogP contribution in [0.2, 0.25) is 0 Å². The normalized spacial score (nSPS) is 13.8. The van der Waals surface area contributed by atoms with Crippen molar-refractivity contribution < 1.29 is 4.79 Å². The van der Waals surface area contributed by atoms with Crippen LogP contribution in [0.5, 0.6) is 0 Å². The average molecular weight is 439 g/mol. The number of rotatable bonds is 4. The molecule has 1 fully saturated rings. The van der Waals surface area contributed by atoms with Gasteiger partial charge >= 0.3 is 0 Å². The second-order valence-corrected chi connectivity index (χ2v) is 7.80. The molecule has 1 aliphatic rings. The number of fused-ring (bicyclic) bond motifs is 1. The van der Waals surface area contributed by atoms with Gasteiger partial charge in [-0.3, -0.25) is 9.48 Å². The van der Waals surface area contributed by atoms with Gasteiger partial charge in [0.15, 0.2) is 0 Å². The Balaban J connectivity index is 1.49. The third-order valence-electron chi connectivity index (χ3n) is 5.77. The van der Waals surface area contributed by atoms with Gasteiger partial charge in [0.05, 0.1) is 23.5 Å². The Hall–Kier alpha value is -4.52. The molecule has 0 atom stereocenters. The van der Waals surface area contributed by atoms with E-state index >= 15 is 0 Å². The maximum atomic E-state index is 11.8. The zero-order valence-electron chi connectivity index (χ0n) is 18.1. The van der Waals surface area contributed by atoms with Crippen LogP contribution in [0, 0.1) is 11.3 Å². The lowest BCUT2D eigenvalue weighted by Crippen LogP contribution is -2.48. The fraction of sp³-hybridized carbons (Fsp3) is 0.217. The standard InChI is InChI=1S/C23H21N9O/c1-3-21(33)30-4-6-31(7-5-30)23-25-10-18(11-26-23)20-8-16(19-13-27-29(2)14-19)15-32-22(20)17(9-24)12-28-32/h3,8,10-15H,1,4-7H2,2H3. The Morgan fingerprint density at radius 1 is 1.03 bits per heavy atom. The number of aryl methyl sites for hydroxylation is 1. The number of amides is 1. The van der Waals surface area contributed by atoms with E-state index in [0.29, 0.717) is 43.2 Å².